The molecule has 3 heterocycles. The molecule has 3 fully saturated rings. The van der Waals surface area contributed by atoms with Crippen LogP contribution < -0.4 is 10.2 Å². The molecule has 0 amide bonds. The predicted octanol–water partition coefficient (Wildman–Crippen LogP) is 3.67. The van der Waals surface area contributed by atoms with Gasteiger partial charge in [0, 0.05) is 69.6 Å². The number of guanidine groups is 1. The molecule has 0 radical (unpaired) electrons. The van der Waals surface area contributed by atoms with Crippen molar-refractivity contribution in [3.8, 4) is 0 Å². The first-order valence-electron chi connectivity index (χ1n) is 11.7. The number of pyridine rings is 1. The maximum Gasteiger partial charge on any atom is 0.193 e. The van der Waals surface area contributed by atoms with Gasteiger partial charge in [-0.3, -0.25) is 4.99 Å². The number of aliphatic imine (C=N–C) groups is 1. The third-order valence-electron chi connectivity index (χ3n) is 6.93. The van der Waals surface area contributed by atoms with Crippen LogP contribution in [0.3, 0.4) is 0 Å². The maximum atomic E-state index is 4.64. The van der Waals surface area contributed by atoms with E-state index in [0.29, 0.717) is 4.75 Å². The molecule has 2 aliphatic heterocycles. The second-order valence-corrected chi connectivity index (χ2v) is 10.4. The molecular formula is C23H39IN6S. The van der Waals surface area contributed by atoms with Crippen molar-refractivity contribution in [2.24, 2.45) is 4.99 Å². The molecule has 6 nitrogen and oxygen atoms in total. The number of thioether (sulfide) groups is 1. The van der Waals surface area contributed by atoms with E-state index in [0.717, 1.165) is 64.1 Å². The van der Waals surface area contributed by atoms with E-state index in [-0.39, 0.29) is 24.0 Å². The number of piperazine rings is 1. The number of anilines is 1. The largest absolute Gasteiger partial charge is 0.354 e. The van der Waals surface area contributed by atoms with Crippen LogP contribution in [0.25, 0.3) is 0 Å². The van der Waals surface area contributed by atoms with Gasteiger partial charge in [0.1, 0.15) is 5.82 Å². The first-order valence-corrected chi connectivity index (χ1v) is 12.7. The van der Waals surface area contributed by atoms with Gasteiger partial charge in [0.2, 0.25) is 0 Å². The average Bonchev–Trinajstić information content (AvgIpc) is 2.80. The fraction of sp³-hybridized carbons (Fsp3) is 0.739. The molecule has 0 aromatic carbocycles. The third kappa shape index (κ3) is 6.41. The SMILES string of the molecule is CCN1CCN(c2cc(CNC(=NC)N3CCSC4(CCCCC4)C3)ccn2)CC1.I. The zero-order valence-electron chi connectivity index (χ0n) is 19.2. The van der Waals surface area contributed by atoms with Crippen molar-refractivity contribution < 1.29 is 0 Å². The van der Waals surface area contributed by atoms with Gasteiger partial charge in [0.15, 0.2) is 5.96 Å². The molecule has 0 atom stereocenters. The van der Waals surface area contributed by atoms with Crippen LogP contribution in [0.1, 0.15) is 44.6 Å². The van der Waals surface area contributed by atoms with Gasteiger partial charge < -0.3 is 20.0 Å². The molecule has 3 aliphatic rings. The highest BCUT2D eigenvalue weighted by atomic mass is 127. The molecule has 1 N–H and O–H groups in total. The van der Waals surface area contributed by atoms with Gasteiger partial charge in [0.25, 0.3) is 0 Å². The van der Waals surface area contributed by atoms with Crippen LogP contribution in [0.2, 0.25) is 0 Å². The Bertz CT molecular complexity index is 710. The minimum atomic E-state index is 0. The summed E-state index contributed by atoms with van der Waals surface area (Å²) >= 11 is 2.21. The average molecular weight is 559 g/mol. The fourth-order valence-corrected chi connectivity index (χ4v) is 6.64. The van der Waals surface area contributed by atoms with Gasteiger partial charge in [-0.15, -0.1) is 24.0 Å². The molecule has 0 bridgehead atoms. The Balaban J connectivity index is 0.00000272. The molecule has 1 aromatic heterocycles. The van der Waals surface area contributed by atoms with Crippen molar-refractivity contribution in [2.45, 2.75) is 50.3 Å². The Kier molecular flexibility index (Phi) is 9.58. The Hall–Kier alpha value is -0.740. The Morgan fingerprint density at radius 2 is 1.94 bits per heavy atom. The molecule has 0 unspecified atom stereocenters. The molecule has 8 heteroatoms. The van der Waals surface area contributed by atoms with Crippen LogP contribution in [-0.2, 0) is 6.54 Å². The van der Waals surface area contributed by atoms with Crippen LogP contribution in [0.5, 0.6) is 0 Å². The summed E-state index contributed by atoms with van der Waals surface area (Å²) in [6, 6.07) is 4.37. The first-order chi connectivity index (χ1) is 14.7. The lowest BCUT2D eigenvalue weighted by atomic mass is 9.87. The van der Waals surface area contributed by atoms with Crippen molar-refractivity contribution in [2.75, 3.05) is 63.5 Å². The summed E-state index contributed by atoms with van der Waals surface area (Å²) in [4.78, 5) is 16.7. The van der Waals surface area contributed by atoms with Gasteiger partial charge in [0.05, 0.1) is 0 Å². The van der Waals surface area contributed by atoms with Crippen molar-refractivity contribution in [1.82, 2.24) is 20.1 Å². The molecule has 31 heavy (non-hydrogen) atoms. The second kappa shape index (κ2) is 11.9. The van der Waals surface area contributed by atoms with E-state index >= 15 is 0 Å². The number of hydrogen-bond donors (Lipinski definition) is 1. The molecular weight excluding hydrogens is 519 g/mol. The van der Waals surface area contributed by atoms with Gasteiger partial charge in [-0.25, -0.2) is 4.98 Å². The molecule has 1 spiro atoms. The van der Waals surface area contributed by atoms with Crippen molar-refractivity contribution in [3.63, 3.8) is 0 Å². The number of aromatic nitrogens is 1. The van der Waals surface area contributed by atoms with Crippen molar-refractivity contribution in [1.29, 1.82) is 0 Å². The summed E-state index contributed by atoms with van der Waals surface area (Å²) in [5.41, 5.74) is 1.28. The van der Waals surface area contributed by atoms with E-state index in [2.05, 4.69) is 60.8 Å². The molecule has 2 saturated heterocycles. The highest BCUT2D eigenvalue weighted by molar-refractivity contribution is 14.0. The lowest BCUT2D eigenvalue weighted by Gasteiger charge is -2.45. The highest BCUT2D eigenvalue weighted by Crippen LogP contribution is 2.42. The number of halogens is 1. The van der Waals surface area contributed by atoms with Gasteiger partial charge >= 0.3 is 0 Å². The van der Waals surface area contributed by atoms with Crippen LogP contribution in [-0.4, -0.2) is 84.1 Å². The fourth-order valence-electron chi connectivity index (χ4n) is 5.07. The number of likely N-dealkylation sites (N-methyl/N-ethyl adjacent to an activating group) is 1. The highest BCUT2D eigenvalue weighted by Gasteiger charge is 2.38. The van der Waals surface area contributed by atoms with Gasteiger partial charge in [-0.2, -0.15) is 11.8 Å². The van der Waals surface area contributed by atoms with E-state index in [1.54, 1.807) is 0 Å². The summed E-state index contributed by atoms with van der Waals surface area (Å²) in [5.74, 6) is 3.37. The standard InChI is InChI=1S/C23H38N6S.HI/c1-3-27-11-13-28(14-12-27)21-17-20(7-10-25-21)18-26-22(24-2)29-15-16-30-23(19-29)8-5-4-6-9-23;/h7,10,17H,3-6,8-9,11-16,18-19H2,1-2H3,(H,24,26);1H. The minimum absolute atomic E-state index is 0. The van der Waals surface area contributed by atoms with Crippen LogP contribution in [0.15, 0.2) is 23.3 Å². The Labute approximate surface area is 209 Å². The van der Waals surface area contributed by atoms with E-state index < -0.39 is 0 Å². The minimum Gasteiger partial charge on any atom is -0.354 e. The lowest BCUT2D eigenvalue weighted by Crippen LogP contribution is -2.53. The summed E-state index contributed by atoms with van der Waals surface area (Å²) in [6.45, 7) is 10.8. The van der Waals surface area contributed by atoms with Crippen LogP contribution in [0.4, 0.5) is 5.82 Å². The van der Waals surface area contributed by atoms with E-state index in [1.807, 2.05) is 13.2 Å². The Morgan fingerprint density at radius 3 is 2.65 bits per heavy atom. The molecule has 1 aromatic rings. The van der Waals surface area contributed by atoms with Crippen molar-refractivity contribution >= 4 is 47.5 Å². The number of hydrogen-bond acceptors (Lipinski definition) is 5. The zero-order valence-corrected chi connectivity index (χ0v) is 22.3. The Morgan fingerprint density at radius 1 is 1.16 bits per heavy atom. The first kappa shape index (κ1) is 24.9. The molecule has 1 aliphatic carbocycles. The summed E-state index contributed by atoms with van der Waals surface area (Å²) < 4.78 is 0.457. The number of rotatable bonds is 4. The topological polar surface area (TPSA) is 47.0 Å². The van der Waals surface area contributed by atoms with Crippen molar-refractivity contribution in [3.05, 3.63) is 23.9 Å². The zero-order chi connectivity index (χ0) is 20.8. The normalized spacial score (nSPS) is 22.3. The van der Waals surface area contributed by atoms with Gasteiger partial charge in [-0.1, -0.05) is 26.2 Å². The molecule has 1 saturated carbocycles. The monoisotopic (exact) mass is 558 g/mol. The predicted molar refractivity (Wildman–Crippen MR) is 144 cm³/mol. The molecule has 4 rings (SSSR count). The number of nitrogens with one attached hydrogen (secondary N) is 1. The maximum absolute atomic E-state index is 4.64. The van der Waals surface area contributed by atoms with Crippen LogP contribution in [0, 0.1) is 0 Å². The second-order valence-electron chi connectivity index (χ2n) is 8.86. The quantitative estimate of drug-likeness (QED) is 0.346. The smallest absolute Gasteiger partial charge is 0.193 e. The van der Waals surface area contributed by atoms with Gasteiger partial charge in [-0.05, 0) is 37.1 Å². The third-order valence-corrected chi connectivity index (χ3v) is 8.47. The summed E-state index contributed by atoms with van der Waals surface area (Å²) in [7, 11) is 1.92. The van der Waals surface area contributed by atoms with E-state index in [9.17, 15) is 0 Å². The molecule has 174 valence electrons. The lowest BCUT2D eigenvalue weighted by molar-refractivity contribution is 0.270. The van der Waals surface area contributed by atoms with Crippen LogP contribution >= 0.6 is 35.7 Å². The summed E-state index contributed by atoms with van der Waals surface area (Å²) in [5, 5.41) is 3.64. The van der Waals surface area contributed by atoms with E-state index in [1.165, 1.54) is 43.4 Å². The van der Waals surface area contributed by atoms with E-state index in [4.69, 9.17) is 0 Å². The number of nitrogens with zero attached hydrogens (tertiary/aromatic N) is 5. The summed E-state index contributed by atoms with van der Waals surface area (Å²) in [6.07, 6.45) is 8.87.